The highest BCUT2D eigenvalue weighted by atomic mass is 16.6. The minimum absolute atomic E-state index is 0.0634. The van der Waals surface area contributed by atoms with Gasteiger partial charge in [0.05, 0.1) is 5.69 Å². The lowest BCUT2D eigenvalue weighted by atomic mass is 9.91. The molecule has 0 bridgehead atoms. The van der Waals surface area contributed by atoms with Gasteiger partial charge in [-0.1, -0.05) is 24.3 Å². The molecule has 9 nitrogen and oxygen atoms in total. The Bertz CT molecular complexity index is 1210. The predicted octanol–water partition coefficient (Wildman–Crippen LogP) is 3.31. The van der Waals surface area contributed by atoms with E-state index in [1.165, 1.54) is 4.90 Å². The highest BCUT2D eigenvalue weighted by Crippen LogP contribution is 2.45. The van der Waals surface area contributed by atoms with E-state index in [1.54, 1.807) is 47.4 Å². The Morgan fingerprint density at radius 3 is 2.61 bits per heavy atom. The Labute approximate surface area is 210 Å². The van der Waals surface area contributed by atoms with E-state index in [2.05, 4.69) is 5.32 Å². The molecule has 2 aromatic carbocycles. The molecule has 2 N–H and O–H groups in total. The van der Waals surface area contributed by atoms with Gasteiger partial charge in [0.2, 0.25) is 0 Å². The second-order valence-corrected chi connectivity index (χ2v) is 10.6. The van der Waals surface area contributed by atoms with Crippen molar-refractivity contribution in [3.8, 4) is 5.75 Å². The van der Waals surface area contributed by atoms with Crippen molar-refractivity contribution in [1.82, 2.24) is 9.80 Å². The third-order valence-electron chi connectivity index (χ3n) is 6.89. The van der Waals surface area contributed by atoms with Crippen LogP contribution in [0.15, 0.2) is 42.5 Å². The molecule has 3 amide bonds. The van der Waals surface area contributed by atoms with E-state index < -0.39 is 11.3 Å². The molecule has 2 aromatic rings. The van der Waals surface area contributed by atoms with Crippen LogP contribution in [0.25, 0.3) is 0 Å². The van der Waals surface area contributed by atoms with Crippen LogP contribution in [0.1, 0.15) is 55.1 Å². The first kappa shape index (κ1) is 24.1. The first-order chi connectivity index (χ1) is 17.1. The molecule has 5 rings (SSSR count). The van der Waals surface area contributed by atoms with Crippen molar-refractivity contribution < 1.29 is 29.0 Å². The summed E-state index contributed by atoms with van der Waals surface area (Å²) in [4.78, 5) is 41.0. The molecule has 1 atom stereocenters. The molecule has 9 heteroatoms. The summed E-state index contributed by atoms with van der Waals surface area (Å²) in [5.41, 5.74) is -0.380. The summed E-state index contributed by atoms with van der Waals surface area (Å²) in [7, 11) is 0. The van der Waals surface area contributed by atoms with Gasteiger partial charge in [-0.15, -0.1) is 0 Å². The number of fused-ring (bicyclic) bond motifs is 2. The Balaban J connectivity index is 1.40. The van der Waals surface area contributed by atoms with Crippen LogP contribution in [0.5, 0.6) is 5.75 Å². The molecule has 1 fully saturated rings. The number of piperidine rings is 1. The lowest BCUT2D eigenvalue weighted by Gasteiger charge is -2.40. The number of anilines is 1. The first-order valence-electron chi connectivity index (χ1n) is 12.3. The summed E-state index contributed by atoms with van der Waals surface area (Å²) in [5.74, 6) is 0.0820. The van der Waals surface area contributed by atoms with Crippen LogP contribution in [0.3, 0.4) is 0 Å². The van der Waals surface area contributed by atoms with Gasteiger partial charge in [-0.05, 0) is 57.7 Å². The lowest BCUT2D eigenvalue weighted by molar-refractivity contribution is -0.118. The van der Waals surface area contributed by atoms with E-state index in [4.69, 9.17) is 9.47 Å². The highest BCUT2D eigenvalue weighted by Gasteiger charge is 2.50. The van der Waals surface area contributed by atoms with Crippen molar-refractivity contribution in [2.24, 2.45) is 5.92 Å². The number of nitrogens with one attached hydrogen (secondary N) is 1. The van der Waals surface area contributed by atoms with Crippen molar-refractivity contribution in [3.63, 3.8) is 0 Å². The van der Waals surface area contributed by atoms with Crippen molar-refractivity contribution in [2.75, 3.05) is 31.6 Å². The van der Waals surface area contributed by atoms with Crippen LogP contribution in [0.4, 0.5) is 10.5 Å². The summed E-state index contributed by atoms with van der Waals surface area (Å²) in [5, 5.41) is 15.0. The first-order valence-corrected chi connectivity index (χ1v) is 12.3. The summed E-state index contributed by atoms with van der Waals surface area (Å²) in [6, 6.07) is 12.1. The SMILES string of the molecule is CC(C)(C)OC(=O)N1CCC(CN2C(=O)c3ccccc3C2(O)c2ccc3c(c2)NC(=O)CO3)CC1. The van der Waals surface area contributed by atoms with Gasteiger partial charge in [0, 0.05) is 36.3 Å². The van der Waals surface area contributed by atoms with Crippen molar-refractivity contribution in [1.29, 1.82) is 0 Å². The second kappa shape index (κ2) is 8.81. The Hall–Kier alpha value is -3.59. The molecule has 36 heavy (non-hydrogen) atoms. The maximum absolute atomic E-state index is 13.5. The minimum Gasteiger partial charge on any atom is -0.482 e. The predicted molar refractivity (Wildman–Crippen MR) is 132 cm³/mol. The van der Waals surface area contributed by atoms with Gasteiger partial charge in [0.15, 0.2) is 12.3 Å². The highest BCUT2D eigenvalue weighted by molar-refractivity contribution is 6.00. The fraction of sp³-hybridized carbons (Fsp3) is 0.444. The van der Waals surface area contributed by atoms with E-state index >= 15 is 0 Å². The van der Waals surface area contributed by atoms with Crippen molar-refractivity contribution in [3.05, 3.63) is 59.2 Å². The molecule has 0 aromatic heterocycles. The second-order valence-electron chi connectivity index (χ2n) is 10.6. The molecule has 3 aliphatic heterocycles. The lowest BCUT2D eigenvalue weighted by Crippen LogP contribution is -2.49. The van der Waals surface area contributed by atoms with Crippen molar-refractivity contribution >= 4 is 23.6 Å². The third-order valence-corrected chi connectivity index (χ3v) is 6.89. The molecule has 3 aliphatic rings. The number of ether oxygens (including phenoxy) is 2. The van der Waals surface area contributed by atoms with E-state index in [0.717, 1.165) is 0 Å². The number of amides is 3. The number of aliphatic hydroxyl groups is 1. The number of likely N-dealkylation sites (tertiary alicyclic amines) is 1. The third kappa shape index (κ3) is 4.28. The maximum atomic E-state index is 13.5. The molecule has 0 spiro atoms. The van der Waals surface area contributed by atoms with Gasteiger partial charge in [-0.25, -0.2) is 4.79 Å². The number of hydrogen-bond donors (Lipinski definition) is 2. The zero-order valence-corrected chi connectivity index (χ0v) is 20.7. The number of carbonyl (C=O) groups excluding carboxylic acids is 3. The number of carbonyl (C=O) groups is 3. The zero-order chi connectivity index (χ0) is 25.7. The molecular formula is C27H31N3O6. The van der Waals surface area contributed by atoms with E-state index in [0.29, 0.717) is 60.6 Å². The van der Waals surface area contributed by atoms with E-state index in [9.17, 15) is 19.5 Å². The smallest absolute Gasteiger partial charge is 0.410 e. The monoisotopic (exact) mass is 493 g/mol. The van der Waals surface area contributed by atoms with Gasteiger partial charge in [-0.2, -0.15) is 0 Å². The molecule has 0 saturated carbocycles. The molecule has 3 heterocycles. The van der Waals surface area contributed by atoms with Gasteiger partial charge in [-0.3, -0.25) is 9.59 Å². The summed E-state index contributed by atoms with van der Waals surface area (Å²) >= 11 is 0. The normalized spacial score (nSPS) is 22.0. The Morgan fingerprint density at radius 1 is 1.17 bits per heavy atom. The fourth-order valence-corrected chi connectivity index (χ4v) is 5.12. The van der Waals surface area contributed by atoms with Crippen LogP contribution in [-0.4, -0.2) is 64.7 Å². The molecular weight excluding hydrogens is 462 g/mol. The number of hydrogen-bond acceptors (Lipinski definition) is 6. The van der Waals surface area contributed by atoms with Crippen LogP contribution in [0.2, 0.25) is 0 Å². The maximum Gasteiger partial charge on any atom is 0.410 e. The number of nitrogens with zero attached hydrogens (tertiary/aromatic N) is 2. The molecule has 190 valence electrons. The van der Waals surface area contributed by atoms with Gasteiger partial charge >= 0.3 is 6.09 Å². The van der Waals surface area contributed by atoms with Crippen LogP contribution >= 0.6 is 0 Å². The van der Waals surface area contributed by atoms with Gasteiger partial charge in [0.25, 0.3) is 11.8 Å². The van der Waals surface area contributed by atoms with E-state index in [1.807, 2.05) is 20.8 Å². The molecule has 0 aliphatic carbocycles. The quantitative estimate of drug-likeness (QED) is 0.679. The zero-order valence-electron chi connectivity index (χ0n) is 20.7. The molecule has 0 radical (unpaired) electrons. The average Bonchev–Trinajstić information content (AvgIpc) is 3.06. The number of rotatable bonds is 3. The molecule has 1 unspecified atom stereocenters. The topological polar surface area (TPSA) is 108 Å². The largest absolute Gasteiger partial charge is 0.482 e. The Kier molecular flexibility index (Phi) is 5.90. The van der Waals surface area contributed by atoms with Gasteiger partial charge < -0.3 is 29.7 Å². The van der Waals surface area contributed by atoms with Crippen LogP contribution in [0, 0.1) is 5.92 Å². The van der Waals surface area contributed by atoms with Crippen LogP contribution in [-0.2, 0) is 15.3 Å². The van der Waals surface area contributed by atoms with E-state index in [-0.39, 0.29) is 30.4 Å². The average molecular weight is 494 g/mol. The summed E-state index contributed by atoms with van der Waals surface area (Å²) in [6.45, 7) is 6.83. The number of benzene rings is 2. The Morgan fingerprint density at radius 2 is 1.89 bits per heavy atom. The van der Waals surface area contributed by atoms with Gasteiger partial charge in [0.1, 0.15) is 11.4 Å². The summed E-state index contributed by atoms with van der Waals surface area (Å²) < 4.78 is 11.0. The van der Waals surface area contributed by atoms with Crippen molar-refractivity contribution in [2.45, 2.75) is 44.9 Å². The van der Waals surface area contributed by atoms with Crippen LogP contribution < -0.4 is 10.1 Å². The molecule has 1 saturated heterocycles. The standard InChI is InChI=1S/C27H31N3O6/c1-26(2,3)36-25(33)29-12-10-17(11-13-29)15-30-24(32)19-6-4-5-7-20(19)27(30,34)18-8-9-22-21(14-18)28-23(31)16-35-22/h4-9,14,17,34H,10-13,15-16H2,1-3H3,(H,28,31). The minimum atomic E-state index is -1.70. The fourth-order valence-electron chi connectivity index (χ4n) is 5.12. The summed E-state index contributed by atoms with van der Waals surface area (Å²) in [6.07, 6.45) is 1.04.